The van der Waals surface area contributed by atoms with Crippen molar-refractivity contribution in [3.63, 3.8) is 0 Å². The molecule has 1 saturated heterocycles. The third-order valence-corrected chi connectivity index (χ3v) is 4.76. The summed E-state index contributed by atoms with van der Waals surface area (Å²) in [5.41, 5.74) is 3.76. The first kappa shape index (κ1) is 15.1. The molecule has 2 aromatic rings. The standard InChI is InChI=1S/C17H23N3O2/c1-12-13(6-9-20-10-7-18-8-11-20)16-14(17(21)22)4-3-5-15(16)19(12)2/h3-5,18H,6-11H2,1-2H3,(H,21,22). The van der Waals surface area contributed by atoms with Crippen molar-refractivity contribution in [3.05, 3.63) is 35.0 Å². The number of rotatable bonds is 4. The van der Waals surface area contributed by atoms with E-state index in [9.17, 15) is 9.90 Å². The summed E-state index contributed by atoms with van der Waals surface area (Å²) in [5, 5.41) is 13.8. The zero-order chi connectivity index (χ0) is 15.7. The molecule has 2 N–H and O–H groups in total. The molecule has 1 aliphatic heterocycles. The number of piperazine rings is 1. The van der Waals surface area contributed by atoms with Gasteiger partial charge in [-0.2, -0.15) is 0 Å². The molecule has 0 amide bonds. The highest BCUT2D eigenvalue weighted by molar-refractivity contribution is 6.05. The van der Waals surface area contributed by atoms with Crippen molar-refractivity contribution in [2.24, 2.45) is 7.05 Å². The Balaban J connectivity index is 1.97. The van der Waals surface area contributed by atoms with Crippen LogP contribution in [0.4, 0.5) is 0 Å². The average molecular weight is 301 g/mol. The maximum atomic E-state index is 11.6. The van der Waals surface area contributed by atoms with Crippen molar-refractivity contribution in [3.8, 4) is 0 Å². The van der Waals surface area contributed by atoms with Gasteiger partial charge in [0.2, 0.25) is 0 Å². The van der Waals surface area contributed by atoms with Gasteiger partial charge in [0, 0.05) is 56.4 Å². The number of carboxylic acids is 1. The molecule has 3 rings (SSSR count). The molecule has 1 aliphatic rings. The number of carboxylic acid groups (broad SMARTS) is 1. The summed E-state index contributed by atoms with van der Waals surface area (Å²) >= 11 is 0. The summed E-state index contributed by atoms with van der Waals surface area (Å²) in [7, 11) is 2.01. The van der Waals surface area contributed by atoms with E-state index in [2.05, 4.69) is 21.7 Å². The minimum Gasteiger partial charge on any atom is -0.478 e. The van der Waals surface area contributed by atoms with Crippen LogP contribution >= 0.6 is 0 Å². The van der Waals surface area contributed by atoms with Crippen LogP contribution in [0.15, 0.2) is 18.2 Å². The molecule has 0 saturated carbocycles. The number of hydrogen-bond donors (Lipinski definition) is 2. The lowest BCUT2D eigenvalue weighted by Gasteiger charge is -2.27. The summed E-state index contributed by atoms with van der Waals surface area (Å²) in [6, 6.07) is 5.53. The van der Waals surface area contributed by atoms with Crippen LogP contribution in [0.1, 0.15) is 21.6 Å². The van der Waals surface area contributed by atoms with Crippen molar-refractivity contribution in [2.75, 3.05) is 32.7 Å². The predicted octanol–water partition coefficient (Wildman–Crippen LogP) is 1.63. The van der Waals surface area contributed by atoms with E-state index in [1.165, 1.54) is 11.3 Å². The van der Waals surface area contributed by atoms with Crippen molar-refractivity contribution in [1.82, 2.24) is 14.8 Å². The number of nitrogens with zero attached hydrogens (tertiary/aromatic N) is 2. The van der Waals surface area contributed by atoms with Gasteiger partial charge in [-0.3, -0.25) is 0 Å². The number of aromatic nitrogens is 1. The first-order chi connectivity index (χ1) is 10.6. The van der Waals surface area contributed by atoms with Gasteiger partial charge < -0.3 is 19.9 Å². The van der Waals surface area contributed by atoms with Crippen molar-refractivity contribution in [2.45, 2.75) is 13.3 Å². The van der Waals surface area contributed by atoms with Crippen LogP contribution in [0.2, 0.25) is 0 Å². The zero-order valence-electron chi connectivity index (χ0n) is 13.2. The van der Waals surface area contributed by atoms with E-state index < -0.39 is 5.97 Å². The van der Waals surface area contributed by atoms with E-state index in [4.69, 9.17) is 0 Å². The normalized spacial score (nSPS) is 16.3. The molecule has 0 atom stereocenters. The highest BCUT2D eigenvalue weighted by Crippen LogP contribution is 2.29. The Labute approximate surface area is 130 Å². The van der Waals surface area contributed by atoms with Crippen LogP contribution < -0.4 is 5.32 Å². The van der Waals surface area contributed by atoms with Crippen LogP contribution in [0.5, 0.6) is 0 Å². The van der Waals surface area contributed by atoms with E-state index >= 15 is 0 Å². The molecule has 1 aromatic carbocycles. The van der Waals surface area contributed by atoms with E-state index in [-0.39, 0.29) is 0 Å². The lowest BCUT2D eigenvalue weighted by molar-refractivity contribution is 0.0699. The minimum absolute atomic E-state index is 0.413. The van der Waals surface area contributed by atoms with Crippen LogP contribution in [0.25, 0.3) is 10.9 Å². The topological polar surface area (TPSA) is 57.5 Å². The van der Waals surface area contributed by atoms with Gasteiger partial charge >= 0.3 is 5.97 Å². The van der Waals surface area contributed by atoms with Crippen LogP contribution in [0, 0.1) is 6.92 Å². The summed E-state index contributed by atoms with van der Waals surface area (Å²) in [6.45, 7) is 7.27. The Bertz CT molecular complexity index is 699. The van der Waals surface area contributed by atoms with Gasteiger partial charge in [-0.25, -0.2) is 4.79 Å². The smallest absolute Gasteiger partial charge is 0.336 e. The Morgan fingerprint density at radius 2 is 2.05 bits per heavy atom. The fourth-order valence-corrected chi connectivity index (χ4v) is 3.39. The van der Waals surface area contributed by atoms with Gasteiger partial charge in [0.15, 0.2) is 0 Å². The molecule has 0 bridgehead atoms. The first-order valence-electron chi connectivity index (χ1n) is 7.83. The fraction of sp³-hybridized carbons (Fsp3) is 0.471. The Morgan fingerprint density at radius 1 is 1.32 bits per heavy atom. The van der Waals surface area contributed by atoms with E-state index in [1.54, 1.807) is 6.07 Å². The molecule has 2 heterocycles. The molecule has 1 fully saturated rings. The Kier molecular flexibility index (Phi) is 4.18. The maximum Gasteiger partial charge on any atom is 0.336 e. The second kappa shape index (κ2) is 6.10. The predicted molar refractivity (Wildman–Crippen MR) is 87.6 cm³/mol. The van der Waals surface area contributed by atoms with Crippen molar-refractivity contribution < 1.29 is 9.90 Å². The summed E-state index contributed by atoms with van der Waals surface area (Å²) in [6.07, 6.45) is 0.896. The number of aryl methyl sites for hydroxylation is 1. The zero-order valence-corrected chi connectivity index (χ0v) is 13.2. The molecular formula is C17H23N3O2. The molecular weight excluding hydrogens is 278 g/mol. The van der Waals surface area contributed by atoms with Gasteiger partial charge in [-0.1, -0.05) is 6.07 Å². The monoisotopic (exact) mass is 301 g/mol. The van der Waals surface area contributed by atoms with Gasteiger partial charge in [0.05, 0.1) is 5.56 Å². The van der Waals surface area contributed by atoms with Gasteiger partial charge in [0.25, 0.3) is 0 Å². The number of nitrogens with one attached hydrogen (secondary N) is 1. The fourth-order valence-electron chi connectivity index (χ4n) is 3.39. The second-order valence-corrected chi connectivity index (χ2v) is 5.97. The number of benzene rings is 1. The Hall–Kier alpha value is -1.85. The lowest BCUT2D eigenvalue weighted by atomic mass is 10.0. The molecule has 0 radical (unpaired) electrons. The van der Waals surface area contributed by atoms with E-state index in [1.807, 2.05) is 19.2 Å². The third kappa shape index (κ3) is 2.62. The SMILES string of the molecule is Cc1c(CCN2CCNCC2)c2c(C(=O)O)cccc2n1C. The average Bonchev–Trinajstić information content (AvgIpc) is 2.78. The molecule has 118 valence electrons. The molecule has 1 aromatic heterocycles. The maximum absolute atomic E-state index is 11.6. The lowest BCUT2D eigenvalue weighted by Crippen LogP contribution is -2.44. The molecule has 5 nitrogen and oxygen atoms in total. The van der Waals surface area contributed by atoms with E-state index in [0.29, 0.717) is 5.56 Å². The second-order valence-electron chi connectivity index (χ2n) is 5.97. The van der Waals surface area contributed by atoms with Crippen molar-refractivity contribution >= 4 is 16.9 Å². The molecule has 0 unspecified atom stereocenters. The number of aromatic carboxylic acids is 1. The molecule has 22 heavy (non-hydrogen) atoms. The number of carbonyl (C=O) groups is 1. The largest absolute Gasteiger partial charge is 0.478 e. The van der Waals surface area contributed by atoms with Gasteiger partial charge in [0.1, 0.15) is 0 Å². The first-order valence-corrected chi connectivity index (χ1v) is 7.83. The quantitative estimate of drug-likeness (QED) is 0.901. The van der Waals surface area contributed by atoms with Gasteiger partial charge in [-0.15, -0.1) is 0 Å². The van der Waals surface area contributed by atoms with Crippen LogP contribution in [-0.2, 0) is 13.5 Å². The molecule has 0 aliphatic carbocycles. The van der Waals surface area contributed by atoms with Gasteiger partial charge in [-0.05, 0) is 31.0 Å². The summed E-state index contributed by atoms with van der Waals surface area (Å²) in [4.78, 5) is 14.0. The van der Waals surface area contributed by atoms with Crippen LogP contribution in [0.3, 0.4) is 0 Å². The number of fused-ring (bicyclic) bond motifs is 1. The van der Waals surface area contributed by atoms with Crippen LogP contribution in [-0.4, -0.2) is 53.3 Å². The molecule has 0 spiro atoms. The Morgan fingerprint density at radius 3 is 2.73 bits per heavy atom. The number of hydrogen-bond acceptors (Lipinski definition) is 3. The van der Waals surface area contributed by atoms with E-state index in [0.717, 1.165) is 50.0 Å². The third-order valence-electron chi connectivity index (χ3n) is 4.76. The summed E-state index contributed by atoms with van der Waals surface area (Å²) < 4.78 is 2.11. The van der Waals surface area contributed by atoms with Crippen molar-refractivity contribution in [1.29, 1.82) is 0 Å². The molecule has 5 heteroatoms. The highest BCUT2D eigenvalue weighted by Gasteiger charge is 2.19. The highest BCUT2D eigenvalue weighted by atomic mass is 16.4. The minimum atomic E-state index is -0.848. The summed E-state index contributed by atoms with van der Waals surface area (Å²) in [5.74, 6) is -0.848.